The molecule has 2 aliphatic carbocycles. The molecule has 65 heavy (non-hydrogen) atoms. The van der Waals surface area contributed by atoms with E-state index in [1.54, 1.807) is 0 Å². The van der Waals surface area contributed by atoms with Crippen molar-refractivity contribution >= 4 is 77.6 Å². The summed E-state index contributed by atoms with van der Waals surface area (Å²) in [6.07, 6.45) is 0. The van der Waals surface area contributed by atoms with Gasteiger partial charge < -0.3 is 14.2 Å². The fourth-order valence-corrected chi connectivity index (χ4v) is 11.2. The zero-order valence-electron chi connectivity index (χ0n) is 36.9. The third-order valence-corrected chi connectivity index (χ3v) is 14.6. The summed E-state index contributed by atoms with van der Waals surface area (Å²) in [5.41, 5.74) is 19.1. The summed E-state index contributed by atoms with van der Waals surface area (Å²) in [6.45, 7) is 9.39. The molecule has 0 fully saturated rings. The number of hydrogen-bond donors (Lipinski definition) is 0. The fraction of sp³-hybridized carbons (Fsp3) is 0.0968. The lowest BCUT2D eigenvalue weighted by Crippen LogP contribution is -2.16. The number of anilines is 6. The molecule has 13 rings (SSSR count). The van der Waals surface area contributed by atoms with Crippen molar-refractivity contribution in [3.05, 3.63) is 229 Å². The number of benzene rings is 10. The number of para-hydroxylation sites is 2. The predicted molar refractivity (Wildman–Crippen MR) is 273 cm³/mol. The van der Waals surface area contributed by atoms with Crippen molar-refractivity contribution in [1.29, 1.82) is 0 Å². The van der Waals surface area contributed by atoms with E-state index in [0.717, 1.165) is 66.8 Å². The second-order valence-electron chi connectivity index (χ2n) is 19.0. The second-order valence-corrected chi connectivity index (χ2v) is 19.0. The molecule has 0 unspecified atom stereocenters. The Labute approximate surface area is 379 Å². The van der Waals surface area contributed by atoms with Crippen molar-refractivity contribution in [3.8, 4) is 22.3 Å². The molecular weight excluding hydrogens is 789 g/mol. The van der Waals surface area contributed by atoms with Crippen LogP contribution in [0, 0.1) is 0 Å². The summed E-state index contributed by atoms with van der Waals surface area (Å²) < 4.78 is 6.79. The summed E-state index contributed by atoms with van der Waals surface area (Å²) in [5, 5.41) is 6.87. The van der Waals surface area contributed by atoms with Gasteiger partial charge in [0.15, 0.2) is 0 Å². The molecule has 0 amide bonds. The first-order valence-corrected chi connectivity index (χ1v) is 22.7. The van der Waals surface area contributed by atoms with E-state index in [1.165, 1.54) is 55.3 Å². The van der Waals surface area contributed by atoms with Crippen LogP contribution in [0.25, 0.3) is 65.7 Å². The molecule has 3 nitrogen and oxygen atoms in total. The van der Waals surface area contributed by atoms with Gasteiger partial charge in [-0.2, -0.15) is 0 Å². The number of nitrogens with zero attached hydrogens (tertiary/aromatic N) is 2. The molecule has 2 aliphatic rings. The van der Waals surface area contributed by atoms with Gasteiger partial charge in [0, 0.05) is 55.7 Å². The highest BCUT2D eigenvalue weighted by molar-refractivity contribution is 6.14. The molecule has 0 N–H and O–H groups in total. The van der Waals surface area contributed by atoms with E-state index in [9.17, 15) is 0 Å². The van der Waals surface area contributed by atoms with Crippen LogP contribution < -0.4 is 9.80 Å². The lowest BCUT2D eigenvalue weighted by molar-refractivity contribution is 0.660. The van der Waals surface area contributed by atoms with Gasteiger partial charge in [0.2, 0.25) is 0 Å². The van der Waals surface area contributed by atoms with Gasteiger partial charge in [-0.3, -0.25) is 0 Å². The van der Waals surface area contributed by atoms with Crippen molar-refractivity contribution < 1.29 is 4.42 Å². The minimum atomic E-state index is -0.0959. The smallest absolute Gasteiger partial charge is 0.136 e. The normalized spacial score (nSPS) is 14.1. The zero-order valence-corrected chi connectivity index (χ0v) is 36.9. The van der Waals surface area contributed by atoms with Crippen LogP contribution in [-0.4, -0.2) is 0 Å². The molecule has 310 valence electrons. The third kappa shape index (κ3) is 5.68. The molecule has 0 radical (unpaired) electrons. The Kier molecular flexibility index (Phi) is 8.00. The minimum absolute atomic E-state index is 0.0959. The van der Waals surface area contributed by atoms with Crippen molar-refractivity contribution in [3.63, 3.8) is 0 Å². The molecular formula is C62H46N2O. The van der Waals surface area contributed by atoms with Crippen LogP contribution in [0.1, 0.15) is 49.9 Å². The Morgan fingerprint density at radius 3 is 1.11 bits per heavy atom. The maximum atomic E-state index is 6.79. The van der Waals surface area contributed by atoms with E-state index >= 15 is 0 Å². The van der Waals surface area contributed by atoms with E-state index in [2.05, 4.69) is 244 Å². The number of hydrogen-bond acceptors (Lipinski definition) is 3. The van der Waals surface area contributed by atoms with Crippen LogP contribution in [-0.2, 0) is 10.8 Å². The van der Waals surface area contributed by atoms with Crippen LogP contribution in [0.5, 0.6) is 0 Å². The number of rotatable bonds is 6. The molecule has 0 saturated heterocycles. The molecule has 3 heteroatoms. The Balaban J connectivity index is 0.900. The van der Waals surface area contributed by atoms with Crippen LogP contribution in [0.4, 0.5) is 34.1 Å². The molecule has 11 aromatic rings. The Hall–Kier alpha value is -7.88. The van der Waals surface area contributed by atoms with Gasteiger partial charge in [-0.25, -0.2) is 0 Å². The number of furan rings is 1. The maximum Gasteiger partial charge on any atom is 0.136 e. The third-order valence-electron chi connectivity index (χ3n) is 14.6. The van der Waals surface area contributed by atoms with Crippen LogP contribution in [0.3, 0.4) is 0 Å². The zero-order chi connectivity index (χ0) is 43.6. The summed E-state index contributed by atoms with van der Waals surface area (Å²) in [5.74, 6) is 0. The van der Waals surface area contributed by atoms with E-state index < -0.39 is 0 Å². The molecule has 0 bridgehead atoms. The first-order valence-electron chi connectivity index (χ1n) is 22.7. The van der Waals surface area contributed by atoms with Gasteiger partial charge in [0.05, 0.1) is 0 Å². The van der Waals surface area contributed by atoms with Crippen molar-refractivity contribution in [2.45, 2.75) is 38.5 Å². The average molecular weight is 835 g/mol. The molecule has 0 atom stereocenters. The highest BCUT2D eigenvalue weighted by Gasteiger charge is 2.37. The van der Waals surface area contributed by atoms with Gasteiger partial charge in [-0.05, 0) is 163 Å². The molecule has 0 aliphatic heterocycles. The maximum absolute atomic E-state index is 6.79. The van der Waals surface area contributed by atoms with Crippen LogP contribution in [0.15, 0.2) is 211 Å². The van der Waals surface area contributed by atoms with Crippen molar-refractivity contribution in [2.24, 2.45) is 0 Å². The van der Waals surface area contributed by atoms with Crippen molar-refractivity contribution in [2.75, 3.05) is 9.80 Å². The first-order chi connectivity index (χ1) is 31.7. The Morgan fingerprint density at radius 2 is 0.662 bits per heavy atom. The number of fused-ring (bicyclic) bond motifs is 11. The molecule has 0 saturated carbocycles. The predicted octanol–water partition coefficient (Wildman–Crippen LogP) is 17.4. The minimum Gasteiger partial charge on any atom is -0.456 e. The topological polar surface area (TPSA) is 19.6 Å². The summed E-state index contributed by atoms with van der Waals surface area (Å²) in [4.78, 5) is 4.76. The highest BCUT2D eigenvalue weighted by atomic mass is 16.3. The lowest BCUT2D eigenvalue weighted by Gasteiger charge is -2.28. The van der Waals surface area contributed by atoms with E-state index in [1.807, 2.05) is 0 Å². The monoisotopic (exact) mass is 834 g/mol. The van der Waals surface area contributed by atoms with Gasteiger partial charge >= 0.3 is 0 Å². The molecule has 1 aromatic heterocycles. The fourth-order valence-electron chi connectivity index (χ4n) is 11.2. The quantitative estimate of drug-likeness (QED) is 0.166. The van der Waals surface area contributed by atoms with Gasteiger partial charge in [-0.1, -0.05) is 137 Å². The van der Waals surface area contributed by atoms with E-state index in [0.29, 0.717) is 0 Å². The first kappa shape index (κ1) is 37.7. The summed E-state index contributed by atoms with van der Waals surface area (Å²) in [6, 6.07) is 75.8. The summed E-state index contributed by atoms with van der Waals surface area (Å²) >= 11 is 0. The molecule has 0 spiro atoms. The van der Waals surface area contributed by atoms with Gasteiger partial charge in [0.25, 0.3) is 0 Å². The summed E-state index contributed by atoms with van der Waals surface area (Å²) in [7, 11) is 0. The highest BCUT2D eigenvalue weighted by Crippen LogP contribution is 2.52. The lowest BCUT2D eigenvalue weighted by atomic mass is 9.82. The van der Waals surface area contributed by atoms with E-state index in [-0.39, 0.29) is 10.8 Å². The van der Waals surface area contributed by atoms with E-state index in [4.69, 9.17) is 4.42 Å². The SMILES string of the molecule is CC1(C)c2ccccc2-c2ccc(N(c3ccccc3)c3ccc4cc5c(cc4c3)oc3cc4cc(N(c6ccccc6)c6ccc7c(c6)C(C)(C)c6ccccc6-7)ccc4cc35)cc21. The van der Waals surface area contributed by atoms with Crippen LogP contribution >= 0.6 is 0 Å². The second kappa shape index (κ2) is 13.8. The Bertz CT molecular complexity index is 3480. The molecule has 1 heterocycles. The molecule has 10 aromatic carbocycles. The van der Waals surface area contributed by atoms with Gasteiger partial charge in [0.1, 0.15) is 11.2 Å². The average Bonchev–Trinajstić information content (AvgIpc) is 3.88. The van der Waals surface area contributed by atoms with Crippen molar-refractivity contribution in [1.82, 2.24) is 0 Å². The van der Waals surface area contributed by atoms with Crippen LogP contribution in [0.2, 0.25) is 0 Å². The Morgan fingerprint density at radius 1 is 0.292 bits per heavy atom. The standard InChI is InChI=1S/C62H46N2O/c1-61(2)55-21-13-11-19-49(55)51-29-27-47(37-57(51)61)63(43-15-7-5-8-16-43)45-25-23-39-33-53-54-34-40-24-26-46(32-42(40)36-60(54)65-59(53)35-41(39)31-45)64(44-17-9-6-10-18-44)48-28-30-52-50-20-12-14-22-56(50)62(3,4)58(52)38-48/h5-38H,1-4H3. The van der Waals surface area contributed by atoms with Gasteiger partial charge in [-0.15, -0.1) is 0 Å². The largest absolute Gasteiger partial charge is 0.456 e.